The van der Waals surface area contributed by atoms with Crippen LogP contribution in [0.1, 0.15) is 27.7 Å². The molecule has 2 aromatic heterocycles. The Kier molecular flexibility index (Phi) is 7.55. The van der Waals surface area contributed by atoms with E-state index in [1.807, 2.05) is 6.07 Å². The van der Waals surface area contributed by atoms with Gasteiger partial charge >= 0.3 is 0 Å². The molecule has 1 fully saturated rings. The van der Waals surface area contributed by atoms with Gasteiger partial charge in [0.15, 0.2) is 11.6 Å². The standard InChI is InChI=1S/C24H31F2N7O2S/c1-16(2)15-36(34,35)29-21-6-5-20(25)24(23(21)26)33-14-22(28-30-33)18-11-19(13-27-12-18)32-9-7-31(8-10-32)17(3)4/h5-6,11-14,16-17,29H,7-10,15H2,1-4H3. The van der Waals surface area contributed by atoms with Crippen LogP contribution in [-0.4, -0.2) is 71.3 Å². The lowest BCUT2D eigenvalue weighted by Gasteiger charge is -2.38. The third kappa shape index (κ3) is 5.81. The molecule has 4 rings (SSSR count). The molecule has 0 radical (unpaired) electrons. The topological polar surface area (TPSA) is 96.2 Å². The van der Waals surface area contributed by atoms with Gasteiger partial charge in [-0.1, -0.05) is 19.1 Å². The van der Waals surface area contributed by atoms with Gasteiger partial charge in [-0.25, -0.2) is 21.9 Å². The van der Waals surface area contributed by atoms with Crippen LogP contribution in [-0.2, 0) is 10.0 Å². The SMILES string of the molecule is CC(C)CS(=O)(=O)Nc1ccc(F)c(-n2cc(-c3cncc(N4CCN(C(C)C)CC4)c3)nn2)c1F. The number of pyridine rings is 1. The number of anilines is 2. The van der Waals surface area contributed by atoms with Crippen LogP contribution in [0.4, 0.5) is 20.2 Å². The zero-order valence-corrected chi connectivity index (χ0v) is 21.6. The molecule has 0 aliphatic carbocycles. The van der Waals surface area contributed by atoms with Gasteiger partial charge in [-0.15, -0.1) is 5.10 Å². The minimum atomic E-state index is -3.80. The van der Waals surface area contributed by atoms with Crippen molar-refractivity contribution in [3.05, 3.63) is 48.4 Å². The van der Waals surface area contributed by atoms with Crippen LogP contribution in [0, 0.1) is 17.6 Å². The summed E-state index contributed by atoms with van der Waals surface area (Å²) >= 11 is 0. The smallest absolute Gasteiger partial charge is 0.233 e. The molecule has 1 aliphatic heterocycles. The number of rotatable bonds is 8. The van der Waals surface area contributed by atoms with Gasteiger partial charge in [-0.3, -0.25) is 14.6 Å². The summed E-state index contributed by atoms with van der Waals surface area (Å²) in [5, 5.41) is 7.99. The molecule has 1 saturated heterocycles. The molecule has 194 valence electrons. The highest BCUT2D eigenvalue weighted by Gasteiger charge is 2.23. The average molecular weight is 520 g/mol. The molecule has 1 N–H and O–H groups in total. The third-order valence-corrected chi connectivity index (χ3v) is 7.67. The molecule has 1 aliphatic rings. The van der Waals surface area contributed by atoms with E-state index in [0.29, 0.717) is 17.3 Å². The zero-order chi connectivity index (χ0) is 26.0. The van der Waals surface area contributed by atoms with Crippen molar-refractivity contribution in [2.24, 2.45) is 5.92 Å². The molecule has 0 amide bonds. The molecule has 0 saturated carbocycles. The van der Waals surface area contributed by atoms with E-state index in [9.17, 15) is 12.8 Å². The summed E-state index contributed by atoms with van der Waals surface area (Å²) < 4.78 is 57.6. The second-order valence-electron chi connectivity index (χ2n) is 9.63. The summed E-state index contributed by atoms with van der Waals surface area (Å²) in [6, 6.07) is 4.47. The van der Waals surface area contributed by atoms with E-state index in [0.717, 1.165) is 48.7 Å². The van der Waals surface area contributed by atoms with Crippen molar-refractivity contribution in [2.75, 3.05) is 41.6 Å². The fourth-order valence-corrected chi connectivity index (χ4v) is 5.67. The van der Waals surface area contributed by atoms with Crippen molar-refractivity contribution >= 4 is 21.4 Å². The summed E-state index contributed by atoms with van der Waals surface area (Å²) in [5.41, 5.74) is 1.10. The quantitative estimate of drug-likeness (QED) is 0.486. The number of benzene rings is 1. The van der Waals surface area contributed by atoms with E-state index in [-0.39, 0.29) is 17.4 Å². The Morgan fingerprint density at radius 2 is 1.78 bits per heavy atom. The highest BCUT2D eigenvalue weighted by Crippen LogP contribution is 2.28. The van der Waals surface area contributed by atoms with Gasteiger partial charge in [0.25, 0.3) is 0 Å². The third-order valence-electron chi connectivity index (χ3n) is 6.04. The maximum absolute atomic E-state index is 15.2. The minimum absolute atomic E-state index is 0.160. The van der Waals surface area contributed by atoms with Crippen LogP contribution in [0.15, 0.2) is 36.8 Å². The summed E-state index contributed by atoms with van der Waals surface area (Å²) in [4.78, 5) is 8.99. The Bertz CT molecular complexity index is 1320. The molecular formula is C24H31F2N7O2S. The van der Waals surface area contributed by atoms with E-state index in [4.69, 9.17) is 0 Å². The van der Waals surface area contributed by atoms with E-state index in [1.165, 1.54) is 6.20 Å². The maximum Gasteiger partial charge on any atom is 0.233 e. The fourth-order valence-electron chi connectivity index (χ4n) is 4.22. The van der Waals surface area contributed by atoms with Crippen LogP contribution < -0.4 is 9.62 Å². The predicted molar refractivity (Wildman–Crippen MR) is 136 cm³/mol. The van der Waals surface area contributed by atoms with E-state index < -0.39 is 27.3 Å². The largest absolute Gasteiger partial charge is 0.368 e. The number of hydrogen-bond acceptors (Lipinski definition) is 7. The summed E-state index contributed by atoms with van der Waals surface area (Å²) in [7, 11) is -3.80. The van der Waals surface area contributed by atoms with E-state index in [1.54, 1.807) is 26.2 Å². The first-order valence-electron chi connectivity index (χ1n) is 11.9. The Labute approximate surface area is 210 Å². The van der Waals surface area contributed by atoms with Gasteiger partial charge in [0.2, 0.25) is 10.0 Å². The van der Waals surface area contributed by atoms with E-state index in [2.05, 4.69) is 43.7 Å². The zero-order valence-electron chi connectivity index (χ0n) is 20.8. The molecule has 0 bridgehead atoms. The van der Waals surface area contributed by atoms with Gasteiger partial charge in [0.05, 0.1) is 29.5 Å². The fraction of sp³-hybridized carbons (Fsp3) is 0.458. The Morgan fingerprint density at radius 1 is 1.06 bits per heavy atom. The number of nitrogens with zero attached hydrogens (tertiary/aromatic N) is 6. The highest BCUT2D eigenvalue weighted by atomic mass is 32.2. The second kappa shape index (κ2) is 10.5. The molecule has 0 spiro atoms. The minimum Gasteiger partial charge on any atom is -0.368 e. The number of nitrogens with one attached hydrogen (secondary N) is 1. The van der Waals surface area contributed by atoms with Gasteiger partial charge in [-0.2, -0.15) is 0 Å². The van der Waals surface area contributed by atoms with Crippen LogP contribution in [0.3, 0.4) is 0 Å². The van der Waals surface area contributed by atoms with Crippen LogP contribution in [0.25, 0.3) is 16.9 Å². The first-order valence-corrected chi connectivity index (χ1v) is 13.5. The number of sulfonamides is 1. The molecule has 0 atom stereocenters. The molecule has 1 aromatic carbocycles. The normalized spacial score (nSPS) is 15.2. The molecule has 12 heteroatoms. The Morgan fingerprint density at radius 3 is 2.44 bits per heavy atom. The van der Waals surface area contributed by atoms with Crippen molar-refractivity contribution in [2.45, 2.75) is 33.7 Å². The first kappa shape index (κ1) is 26.0. The highest BCUT2D eigenvalue weighted by molar-refractivity contribution is 7.92. The van der Waals surface area contributed by atoms with Crippen molar-refractivity contribution < 1.29 is 17.2 Å². The van der Waals surface area contributed by atoms with Crippen LogP contribution >= 0.6 is 0 Å². The predicted octanol–water partition coefficient (Wildman–Crippen LogP) is 3.54. The lowest BCUT2D eigenvalue weighted by molar-refractivity contribution is 0.209. The van der Waals surface area contributed by atoms with Crippen LogP contribution in [0.2, 0.25) is 0 Å². The van der Waals surface area contributed by atoms with Crippen molar-refractivity contribution in [3.63, 3.8) is 0 Å². The lowest BCUT2D eigenvalue weighted by atomic mass is 10.2. The lowest BCUT2D eigenvalue weighted by Crippen LogP contribution is -2.48. The van der Waals surface area contributed by atoms with Gasteiger partial charge in [-0.05, 0) is 38.0 Å². The summed E-state index contributed by atoms with van der Waals surface area (Å²) in [6.45, 7) is 11.5. The van der Waals surface area contributed by atoms with Gasteiger partial charge in [0, 0.05) is 44.0 Å². The van der Waals surface area contributed by atoms with Crippen molar-refractivity contribution in [1.29, 1.82) is 0 Å². The monoisotopic (exact) mass is 519 g/mol. The second-order valence-corrected chi connectivity index (χ2v) is 11.4. The van der Waals surface area contributed by atoms with Crippen molar-refractivity contribution in [3.8, 4) is 16.9 Å². The molecule has 3 aromatic rings. The number of piperazine rings is 1. The average Bonchev–Trinajstić information content (AvgIpc) is 3.30. The molecule has 3 heterocycles. The molecule has 36 heavy (non-hydrogen) atoms. The number of aromatic nitrogens is 4. The summed E-state index contributed by atoms with van der Waals surface area (Å²) in [5.74, 6) is -2.33. The summed E-state index contributed by atoms with van der Waals surface area (Å²) in [6.07, 6.45) is 4.79. The van der Waals surface area contributed by atoms with Crippen molar-refractivity contribution in [1.82, 2.24) is 24.9 Å². The Balaban J connectivity index is 1.58. The van der Waals surface area contributed by atoms with Crippen LogP contribution in [0.5, 0.6) is 0 Å². The number of halogens is 2. The Hall–Kier alpha value is -3.12. The number of hydrogen-bond donors (Lipinski definition) is 1. The van der Waals surface area contributed by atoms with E-state index >= 15 is 4.39 Å². The van der Waals surface area contributed by atoms with Gasteiger partial charge < -0.3 is 4.90 Å². The first-order chi connectivity index (χ1) is 17.0. The molecular weight excluding hydrogens is 488 g/mol. The molecule has 9 nitrogen and oxygen atoms in total. The maximum atomic E-state index is 15.2. The molecule has 0 unspecified atom stereocenters. The van der Waals surface area contributed by atoms with Gasteiger partial charge in [0.1, 0.15) is 11.4 Å².